The second kappa shape index (κ2) is 3.12. The molecular weight excluding hydrogens is 195 g/mol. The Morgan fingerprint density at radius 2 is 2.08 bits per heavy atom. The summed E-state index contributed by atoms with van der Waals surface area (Å²) in [5.74, 6) is -1.01. The van der Waals surface area contributed by atoms with Crippen LogP contribution in [0.15, 0.2) is 23.1 Å². The number of nitrogens with two attached hydrogens (primary N) is 1. The molecule has 0 amide bonds. The number of halogens is 1. The summed E-state index contributed by atoms with van der Waals surface area (Å²) in [5, 5.41) is 13.2. The summed E-state index contributed by atoms with van der Waals surface area (Å²) in [6.45, 7) is 0. The summed E-state index contributed by atoms with van der Waals surface area (Å²) < 4.78 is 34.6. The molecule has 0 aliphatic carbocycles. The molecule has 1 aromatic rings. The maximum atomic E-state index is 12.9. The number of sulfonamides is 1. The summed E-state index contributed by atoms with van der Waals surface area (Å²) in [6.07, 6.45) is 0. The van der Waals surface area contributed by atoms with E-state index in [1.807, 2.05) is 0 Å². The van der Waals surface area contributed by atoms with Gasteiger partial charge in [-0.3, -0.25) is 0 Å². The lowest BCUT2D eigenvalue weighted by atomic mass is 10.2. The molecule has 2 N–H and O–H groups in total. The van der Waals surface area contributed by atoms with Crippen LogP contribution in [-0.4, -0.2) is 8.42 Å². The van der Waals surface area contributed by atoms with Gasteiger partial charge in [0.05, 0.1) is 5.56 Å². The van der Waals surface area contributed by atoms with Crippen molar-refractivity contribution in [2.75, 3.05) is 0 Å². The van der Waals surface area contributed by atoms with E-state index >= 15 is 0 Å². The van der Waals surface area contributed by atoms with Crippen LogP contribution in [0.3, 0.4) is 0 Å². The molecule has 0 saturated heterocycles. The van der Waals surface area contributed by atoms with Crippen LogP contribution in [0, 0.1) is 17.1 Å². The first-order valence-electron chi connectivity index (χ1n) is 3.18. The van der Waals surface area contributed by atoms with Crippen molar-refractivity contribution in [2.24, 2.45) is 5.14 Å². The van der Waals surface area contributed by atoms with Crippen LogP contribution in [-0.2, 0) is 10.0 Å². The van der Waals surface area contributed by atoms with Crippen molar-refractivity contribution in [1.29, 1.82) is 5.26 Å². The van der Waals surface area contributed by atoms with Gasteiger partial charge in [-0.15, -0.1) is 0 Å². The molecule has 0 aliphatic rings. The molecule has 6 heteroatoms. The van der Waals surface area contributed by atoms with E-state index in [1.54, 1.807) is 6.07 Å². The van der Waals surface area contributed by atoms with Crippen molar-refractivity contribution < 1.29 is 12.8 Å². The molecule has 4 nitrogen and oxygen atoms in total. The fourth-order valence-corrected chi connectivity index (χ4v) is 1.65. The second-order valence-corrected chi connectivity index (χ2v) is 3.77. The van der Waals surface area contributed by atoms with Gasteiger partial charge >= 0.3 is 0 Å². The monoisotopic (exact) mass is 200 g/mol. The predicted molar refractivity (Wildman–Crippen MR) is 42.5 cm³/mol. The van der Waals surface area contributed by atoms with Crippen molar-refractivity contribution in [3.8, 4) is 6.07 Å². The average molecular weight is 200 g/mol. The fraction of sp³-hybridized carbons (Fsp3) is 0. The Bertz CT molecular complexity index is 476. The summed E-state index contributed by atoms with van der Waals surface area (Å²) in [4.78, 5) is -0.752. The highest BCUT2D eigenvalue weighted by atomic mass is 32.2. The molecule has 0 aromatic heterocycles. The van der Waals surface area contributed by atoms with E-state index in [0.29, 0.717) is 0 Å². The van der Waals surface area contributed by atoms with E-state index < -0.39 is 20.7 Å². The fourth-order valence-electron chi connectivity index (χ4n) is 0.886. The molecule has 0 heterocycles. The van der Waals surface area contributed by atoms with Crippen LogP contribution in [0.1, 0.15) is 5.56 Å². The van der Waals surface area contributed by atoms with Crippen LogP contribution in [0.5, 0.6) is 0 Å². The standard InChI is InChI=1S/C7H5FN2O2S/c8-6-3-1-2-5(4-9)7(6)13(10,11)12/h1-3H,(H2,10,11,12). The number of rotatable bonds is 1. The molecule has 0 radical (unpaired) electrons. The number of hydrogen-bond acceptors (Lipinski definition) is 3. The first-order chi connectivity index (χ1) is 5.96. The summed E-state index contributed by atoms with van der Waals surface area (Å²) in [5.41, 5.74) is -0.289. The number of primary sulfonamides is 1. The third kappa shape index (κ3) is 1.83. The number of benzene rings is 1. The normalized spacial score (nSPS) is 10.8. The van der Waals surface area contributed by atoms with E-state index in [4.69, 9.17) is 10.4 Å². The molecular formula is C7H5FN2O2S. The third-order valence-electron chi connectivity index (χ3n) is 1.37. The van der Waals surface area contributed by atoms with Crippen LogP contribution >= 0.6 is 0 Å². The minimum absolute atomic E-state index is 0.289. The zero-order chi connectivity index (χ0) is 10.1. The van der Waals surface area contributed by atoms with Crippen LogP contribution in [0.2, 0.25) is 0 Å². The molecule has 0 saturated carbocycles. The number of nitrogens with zero attached hydrogens (tertiary/aromatic N) is 1. The van der Waals surface area contributed by atoms with Gasteiger partial charge in [-0.05, 0) is 12.1 Å². The van der Waals surface area contributed by atoms with Gasteiger partial charge in [-0.1, -0.05) is 6.07 Å². The first-order valence-corrected chi connectivity index (χ1v) is 4.73. The van der Waals surface area contributed by atoms with E-state index in [-0.39, 0.29) is 5.56 Å². The molecule has 0 bridgehead atoms. The first kappa shape index (κ1) is 9.64. The summed E-state index contributed by atoms with van der Waals surface area (Å²) >= 11 is 0. The van der Waals surface area contributed by atoms with E-state index in [0.717, 1.165) is 6.07 Å². The number of nitriles is 1. The van der Waals surface area contributed by atoms with Gasteiger partial charge in [0.2, 0.25) is 10.0 Å². The molecule has 0 atom stereocenters. The van der Waals surface area contributed by atoms with Crippen LogP contribution < -0.4 is 5.14 Å². The highest BCUT2D eigenvalue weighted by Crippen LogP contribution is 2.16. The maximum absolute atomic E-state index is 12.9. The molecule has 68 valence electrons. The molecule has 0 spiro atoms. The second-order valence-electron chi connectivity index (χ2n) is 2.27. The Morgan fingerprint density at radius 1 is 1.46 bits per heavy atom. The minimum atomic E-state index is -4.17. The zero-order valence-electron chi connectivity index (χ0n) is 6.36. The van der Waals surface area contributed by atoms with Crippen molar-refractivity contribution >= 4 is 10.0 Å². The Labute approximate surface area is 74.5 Å². The van der Waals surface area contributed by atoms with Crippen molar-refractivity contribution in [3.05, 3.63) is 29.6 Å². The van der Waals surface area contributed by atoms with Gasteiger partial charge < -0.3 is 0 Å². The van der Waals surface area contributed by atoms with Crippen molar-refractivity contribution in [2.45, 2.75) is 4.90 Å². The summed E-state index contributed by atoms with van der Waals surface area (Å²) in [6, 6.07) is 4.90. The van der Waals surface area contributed by atoms with Gasteiger partial charge in [0.1, 0.15) is 16.8 Å². The summed E-state index contributed by atoms with van der Waals surface area (Å²) in [7, 11) is -4.17. The van der Waals surface area contributed by atoms with Crippen LogP contribution in [0.4, 0.5) is 4.39 Å². The van der Waals surface area contributed by atoms with Gasteiger partial charge in [0.25, 0.3) is 0 Å². The predicted octanol–water partition coefficient (Wildman–Crippen LogP) is 0.345. The lowest BCUT2D eigenvalue weighted by Crippen LogP contribution is -2.15. The lowest BCUT2D eigenvalue weighted by Gasteiger charge is -2.00. The average Bonchev–Trinajstić information content (AvgIpc) is 2.01. The van der Waals surface area contributed by atoms with E-state index in [2.05, 4.69) is 0 Å². The van der Waals surface area contributed by atoms with Crippen molar-refractivity contribution in [1.82, 2.24) is 0 Å². The topological polar surface area (TPSA) is 83.9 Å². The number of hydrogen-bond donors (Lipinski definition) is 1. The Balaban J connectivity index is 3.62. The SMILES string of the molecule is N#Cc1cccc(F)c1S(N)(=O)=O. The highest BCUT2D eigenvalue weighted by molar-refractivity contribution is 7.89. The zero-order valence-corrected chi connectivity index (χ0v) is 7.18. The Morgan fingerprint density at radius 3 is 2.46 bits per heavy atom. The molecule has 0 fully saturated rings. The van der Waals surface area contributed by atoms with E-state index in [9.17, 15) is 12.8 Å². The van der Waals surface area contributed by atoms with Gasteiger partial charge in [0, 0.05) is 0 Å². The largest absolute Gasteiger partial charge is 0.242 e. The van der Waals surface area contributed by atoms with E-state index in [1.165, 1.54) is 12.1 Å². The lowest BCUT2D eigenvalue weighted by molar-refractivity contribution is 0.567. The molecule has 1 aromatic carbocycles. The maximum Gasteiger partial charge on any atom is 0.242 e. The molecule has 0 unspecified atom stereocenters. The van der Waals surface area contributed by atoms with Gasteiger partial charge in [-0.2, -0.15) is 5.26 Å². The smallest absolute Gasteiger partial charge is 0.224 e. The Kier molecular flexibility index (Phi) is 2.32. The minimum Gasteiger partial charge on any atom is -0.224 e. The van der Waals surface area contributed by atoms with Crippen molar-refractivity contribution in [3.63, 3.8) is 0 Å². The van der Waals surface area contributed by atoms with Gasteiger partial charge in [-0.25, -0.2) is 17.9 Å². The third-order valence-corrected chi connectivity index (χ3v) is 2.36. The van der Waals surface area contributed by atoms with Crippen LogP contribution in [0.25, 0.3) is 0 Å². The van der Waals surface area contributed by atoms with Gasteiger partial charge in [0.15, 0.2) is 0 Å². The Hall–Kier alpha value is -1.45. The molecule has 0 aliphatic heterocycles. The molecule has 13 heavy (non-hydrogen) atoms. The molecule has 1 rings (SSSR count). The quantitative estimate of drug-likeness (QED) is 0.709. The highest BCUT2D eigenvalue weighted by Gasteiger charge is 2.18.